The van der Waals surface area contributed by atoms with Gasteiger partial charge in [0.05, 0.1) is 16.8 Å². The van der Waals surface area contributed by atoms with Gasteiger partial charge in [-0.05, 0) is 30.2 Å². The summed E-state index contributed by atoms with van der Waals surface area (Å²) in [5.41, 5.74) is 6.35. The van der Waals surface area contributed by atoms with Crippen LogP contribution in [0, 0.1) is 5.82 Å². The van der Waals surface area contributed by atoms with Gasteiger partial charge in [-0.1, -0.05) is 0 Å². The number of carbonyl (C=O) groups is 1. The van der Waals surface area contributed by atoms with Crippen LogP contribution in [0.15, 0.2) is 36.0 Å². The van der Waals surface area contributed by atoms with Gasteiger partial charge in [0, 0.05) is 48.0 Å². The van der Waals surface area contributed by atoms with E-state index < -0.39 is 23.5 Å². The van der Waals surface area contributed by atoms with Crippen molar-refractivity contribution in [1.82, 2.24) is 14.9 Å². The second kappa shape index (κ2) is 8.23. The number of nitrogens with zero attached hydrogens (tertiary/aromatic N) is 3. The second-order valence-corrected chi connectivity index (χ2v) is 8.04. The highest BCUT2D eigenvalue weighted by Gasteiger charge is 2.32. The maximum absolute atomic E-state index is 13.6. The molecular formula is C20H17F4N5OS. The molecule has 0 fully saturated rings. The molecule has 0 spiro atoms. The Morgan fingerprint density at radius 1 is 1.23 bits per heavy atom. The third kappa shape index (κ3) is 4.67. The van der Waals surface area contributed by atoms with Crippen LogP contribution in [0.5, 0.6) is 0 Å². The monoisotopic (exact) mass is 451 g/mol. The highest BCUT2D eigenvalue weighted by Crippen LogP contribution is 2.33. The van der Waals surface area contributed by atoms with E-state index >= 15 is 0 Å². The minimum absolute atomic E-state index is 0.243. The molecule has 1 aliphatic rings. The predicted molar refractivity (Wildman–Crippen MR) is 108 cm³/mol. The number of benzene rings is 1. The maximum Gasteiger partial charge on any atom is 0.416 e. The molecule has 31 heavy (non-hydrogen) atoms. The summed E-state index contributed by atoms with van der Waals surface area (Å²) < 4.78 is 52.3. The van der Waals surface area contributed by atoms with Crippen LogP contribution in [0.3, 0.4) is 0 Å². The average molecular weight is 451 g/mol. The molecule has 1 aliphatic heterocycles. The summed E-state index contributed by atoms with van der Waals surface area (Å²) in [5, 5.41) is 4.06. The first-order chi connectivity index (χ1) is 14.7. The van der Waals surface area contributed by atoms with Gasteiger partial charge < -0.3 is 11.1 Å². The van der Waals surface area contributed by atoms with E-state index in [1.807, 2.05) is 0 Å². The van der Waals surface area contributed by atoms with Crippen LogP contribution in [-0.2, 0) is 25.7 Å². The normalized spacial score (nSPS) is 14.3. The number of fused-ring (bicyclic) bond motifs is 1. The lowest BCUT2D eigenvalue weighted by atomic mass is 10.0. The smallest absolute Gasteiger partial charge is 0.382 e. The SMILES string of the molecule is Nc1nccnc1CN1CCc2c(C(=O)Nc3cc(F)cc(C(F)(F)F)c3)csc2C1. The molecule has 1 aromatic carbocycles. The number of alkyl halides is 3. The molecule has 3 N–H and O–H groups in total. The van der Waals surface area contributed by atoms with Crippen LogP contribution in [0.2, 0.25) is 0 Å². The number of nitrogen functional groups attached to an aromatic ring is 1. The summed E-state index contributed by atoms with van der Waals surface area (Å²) in [6, 6.07) is 1.96. The molecule has 0 saturated heterocycles. The summed E-state index contributed by atoms with van der Waals surface area (Å²) >= 11 is 1.40. The van der Waals surface area contributed by atoms with Crippen LogP contribution in [0.25, 0.3) is 0 Å². The molecule has 3 aromatic rings. The van der Waals surface area contributed by atoms with Crippen molar-refractivity contribution in [2.75, 3.05) is 17.6 Å². The first kappa shape index (κ1) is 21.2. The van der Waals surface area contributed by atoms with E-state index in [0.717, 1.165) is 16.5 Å². The molecular weight excluding hydrogens is 434 g/mol. The molecule has 4 rings (SSSR count). The van der Waals surface area contributed by atoms with Crippen LogP contribution >= 0.6 is 11.3 Å². The van der Waals surface area contributed by atoms with Crippen molar-refractivity contribution in [3.63, 3.8) is 0 Å². The van der Waals surface area contributed by atoms with Crippen molar-refractivity contribution in [3.8, 4) is 0 Å². The number of thiophene rings is 1. The summed E-state index contributed by atoms with van der Waals surface area (Å²) in [6.07, 6.45) is -1.03. The van der Waals surface area contributed by atoms with Crippen molar-refractivity contribution in [1.29, 1.82) is 0 Å². The summed E-state index contributed by atoms with van der Waals surface area (Å²) in [4.78, 5) is 24.1. The van der Waals surface area contributed by atoms with Gasteiger partial charge in [-0.2, -0.15) is 13.2 Å². The fourth-order valence-corrected chi connectivity index (χ4v) is 4.56. The predicted octanol–water partition coefficient (Wildman–Crippen LogP) is 4.09. The number of halogens is 4. The maximum atomic E-state index is 13.6. The lowest BCUT2D eigenvalue weighted by molar-refractivity contribution is -0.137. The summed E-state index contributed by atoms with van der Waals surface area (Å²) in [5.74, 6) is -1.27. The molecule has 162 valence electrons. The number of hydrogen-bond donors (Lipinski definition) is 2. The third-order valence-electron chi connectivity index (χ3n) is 4.93. The Kier molecular flexibility index (Phi) is 5.63. The van der Waals surface area contributed by atoms with E-state index in [-0.39, 0.29) is 5.69 Å². The van der Waals surface area contributed by atoms with Crippen molar-refractivity contribution >= 4 is 28.7 Å². The largest absolute Gasteiger partial charge is 0.416 e. The lowest BCUT2D eigenvalue weighted by Gasteiger charge is -2.27. The summed E-state index contributed by atoms with van der Waals surface area (Å²) in [6.45, 7) is 1.75. The van der Waals surface area contributed by atoms with Gasteiger partial charge >= 0.3 is 6.18 Å². The van der Waals surface area contributed by atoms with E-state index in [1.54, 1.807) is 11.6 Å². The number of hydrogen-bond acceptors (Lipinski definition) is 6. The number of anilines is 2. The van der Waals surface area contributed by atoms with E-state index in [2.05, 4.69) is 20.2 Å². The molecule has 0 atom stereocenters. The topological polar surface area (TPSA) is 84.1 Å². The minimum Gasteiger partial charge on any atom is -0.382 e. The van der Waals surface area contributed by atoms with Crippen LogP contribution in [-0.4, -0.2) is 27.3 Å². The van der Waals surface area contributed by atoms with E-state index in [9.17, 15) is 22.4 Å². The fourth-order valence-electron chi connectivity index (χ4n) is 3.44. The Morgan fingerprint density at radius 3 is 2.74 bits per heavy atom. The molecule has 0 saturated carbocycles. The second-order valence-electron chi connectivity index (χ2n) is 7.08. The molecule has 0 radical (unpaired) electrons. The number of nitrogens with two attached hydrogens (primary N) is 1. The molecule has 2 aromatic heterocycles. The van der Waals surface area contributed by atoms with E-state index in [4.69, 9.17) is 5.73 Å². The van der Waals surface area contributed by atoms with E-state index in [1.165, 1.54) is 17.5 Å². The van der Waals surface area contributed by atoms with Gasteiger partial charge in [0.25, 0.3) is 5.91 Å². The molecule has 6 nitrogen and oxygen atoms in total. The Morgan fingerprint density at radius 2 is 2.00 bits per heavy atom. The zero-order valence-corrected chi connectivity index (χ0v) is 16.9. The number of carbonyl (C=O) groups excluding carboxylic acids is 1. The minimum atomic E-state index is -4.71. The molecule has 0 aliphatic carbocycles. The van der Waals surface area contributed by atoms with Crippen LogP contribution in [0.1, 0.15) is 32.1 Å². The van der Waals surface area contributed by atoms with Gasteiger partial charge in [-0.25, -0.2) is 9.37 Å². The first-order valence-corrected chi connectivity index (χ1v) is 10.1. The Balaban J connectivity index is 1.48. The van der Waals surface area contributed by atoms with E-state index in [0.29, 0.717) is 55.3 Å². The Labute approximate surface area is 178 Å². The number of nitrogens with one attached hydrogen (secondary N) is 1. The lowest BCUT2D eigenvalue weighted by Crippen LogP contribution is -2.30. The number of rotatable bonds is 4. The molecule has 0 bridgehead atoms. The Hall–Kier alpha value is -3.05. The zero-order chi connectivity index (χ0) is 22.2. The van der Waals surface area contributed by atoms with Crippen molar-refractivity contribution in [2.24, 2.45) is 0 Å². The number of aromatic nitrogens is 2. The third-order valence-corrected chi connectivity index (χ3v) is 5.95. The fraction of sp³-hybridized carbons (Fsp3) is 0.250. The van der Waals surface area contributed by atoms with Gasteiger partial charge in [0.1, 0.15) is 11.6 Å². The van der Waals surface area contributed by atoms with Gasteiger partial charge in [-0.3, -0.25) is 14.7 Å². The first-order valence-electron chi connectivity index (χ1n) is 9.27. The van der Waals surface area contributed by atoms with Crippen molar-refractivity contribution in [3.05, 3.63) is 69.1 Å². The zero-order valence-electron chi connectivity index (χ0n) is 16.0. The van der Waals surface area contributed by atoms with Gasteiger partial charge in [0.2, 0.25) is 0 Å². The molecule has 11 heteroatoms. The molecule has 1 amide bonds. The Bertz CT molecular complexity index is 1130. The van der Waals surface area contributed by atoms with Gasteiger partial charge in [0.15, 0.2) is 0 Å². The van der Waals surface area contributed by atoms with Crippen LogP contribution in [0.4, 0.5) is 29.1 Å². The standard InChI is InChI=1S/C20H17F4N5OS/c21-12-5-11(20(22,23)24)6-13(7-12)28-19(30)15-10-31-17-9-29(4-1-14(15)17)8-16-18(25)27-3-2-26-16/h2-3,5-7,10H,1,4,8-9H2,(H2,25,27)(H,28,30). The van der Waals surface area contributed by atoms with Crippen molar-refractivity contribution < 1.29 is 22.4 Å². The van der Waals surface area contributed by atoms with Gasteiger partial charge in [-0.15, -0.1) is 11.3 Å². The van der Waals surface area contributed by atoms with Crippen LogP contribution < -0.4 is 11.1 Å². The van der Waals surface area contributed by atoms with Crippen molar-refractivity contribution in [2.45, 2.75) is 25.7 Å². The summed E-state index contributed by atoms with van der Waals surface area (Å²) in [7, 11) is 0. The molecule has 0 unspecified atom stereocenters. The number of amides is 1. The highest BCUT2D eigenvalue weighted by molar-refractivity contribution is 7.10. The average Bonchev–Trinajstić information content (AvgIpc) is 3.12. The quantitative estimate of drug-likeness (QED) is 0.584. The molecule has 3 heterocycles. The highest BCUT2D eigenvalue weighted by atomic mass is 32.1.